The van der Waals surface area contributed by atoms with Gasteiger partial charge in [-0.05, 0) is 31.2 Å². The number of hydrogen-bond acceptors (Lipinski definition) is 2. The van der Waals surface area contributed by atoms with Gasteiger partial charge in [-0.2, -0.15) is 0 Å². The number of alkyl halides is 1. The van der Waals surface area contributed by atoms with E-state index in [2.05, 4.69) is 4.98 Å². The maximum Gasteiger partial charge on any atom is 0.265 e. The second-order valence-corrected chi connectivity index (χ2v) is 6.27. The third-order valence-electron chi connectivity index (χ3n) is 2.83. The predicted octanol–water partition coefficient (Wildman–Crippen LogP) is 3.11. The number of rotatable bonds is 5. The summed E-state index contributed by atoms with van der Waals surface area (Å²) in [5, 5.41) is 0. The molecule has 1 N–H and O–H groups in total. The van der Waals surface area contributed by atoms with Gasteiger partial charge in [-0.25, -0.2) is 12.8 Å². The first-order chi connectivity index (χ1) is 9.48. The van der Waals surface area contributed by atoms with Crippen LogP contribution >= 0.6 is 11.6 Å². The Hall–Kier alpha value is -1.53. The number of aromatic amines is 1. The van der Waals surface area contributed by atoms with Gasteiger partial charge in [0.25, 0.3) is 10.0 Å². The van der Waals surface area contributed by atoms with Crippen LogP contribution in [-0.2, 0) is 15.9 Å². The molecule has 0 amide bonds. The summed E-state index contributed by atoms with van der Waals surface area (Å²) in [6.07, 6.45) is 1.38. The minimum absolute atomic E-state index is 0.110. The van der Waals surface area contributed by atoms with Crippen molar-refractivity contribution in [1.29, 1.82) is 0 Å². The molecule has 0 saturated carbocycles. The van der Waals surface area contributed by atoms with E-state index < -0.39 is 15.8 Å². The molecule has 0 aliphatic heterocycles. The van der Waals surface area contributed by atoms with E-state index in [4.69, 9.17) is 11.6 Å². The topological polar surface area (TPSA) is 53.2 Å². The lowest BCUT2D eigenvalue weighted by Gasteiger charge is -2.22. The van der Waals surface area contributed by atoms with Gasteiger partial charge in [0.15, 0.2) is 0 Å². The van der Waals surface area contributed by atoms with Crippen molar-refractivity contribution >= 4 is 27.3 Å². The molecule has 1 aromatic carbocycles. The molecule has 0 bridgehead atoms. The SMILES string of the molecule is CCN(c1cccc(F)c1)S(=O)(=O)c1c[nH]c(CCl)c1. The molecule has 0 aliphatic rings. The summed E-state index contributed by atoms with van der Waals surface area (Å²) in [6.45, 7) is 1.89. The van der Waals surface area contributed by atoms with E-state index in [0.717, 1.165) is 4.31 Å². The zero-order chi connectivity index (χ0) is 14.8. The third kappa shape index (κ3) is 2.81. The van der Waals surface area contributed by atoms with Crippen LogP contribution in [0.5, 0.6) is 0 Å². The Labute approximate surface area is 122 Å². The third-order valence-corrected chi connectivity index (χ3v) is 5.00. The fourth-order valence-corrected chi connectivity index (χ4v) is 3.53. The molecule has 0 fully saturated rings. The van der Waals surface area contributed by atoms with Gasteiger partial charge in [-0.1, -0.05) is 6.07 Å². The van der Waals surface area contributed by atoms with Gasteiger partial charge in [0.1, 0.15) is 10.7 Å². The number of hydrogen-bond donors (Lipinski definition) is 1. The first-order valence-corrected chi connectivity index (χ1v) is 7.98. The largest absolute Gasteiger partial charge is 0.363 e. The monoisotopic (exact) mass is 316 g/mol. The Morgan fingerprint density at radius 2 is 2.10 bits per heavy atom. The highest BCUT2D eigenvalue weighted by atomic mass is 35.5. The van der Waals surface area contributed by atoms with Crippen LogP contribution in [0.1, 0.15) is 12.6 Å². The van der Waals surface area contributed by atoms with Gasteiger partial charge in [0.2, 0.25) is 0 Å². The molecule has 0 radical (unpaired) electrons. The molecule has 7 heteroatoms. The molecule has 0 atom stereocenters. The first kappa shape index (κ1) is 14.9. The molecule has 2 rings (SSSR count). The Kier molecular flexibility index (Phi) is 4.35. The number of anilines is 1. The van der Waals surface area contributed by atoms with Crippen LogP contribution in [0.25, 0.3) is 0 Å². The van der Waals surface area contributed by atoms with Crippen LogP contribution in [0.3, 0.4) is 0 Å². The minimum Gasteiger partial charge on any atom is -0.363 e. The normalized spacial score (nSPS) is 11.6. The number of halogens is 2. The fourth-order valence-electron chi connectivity index (χ4n) is 1.89. The van der Waals surface area contributed by atoms with Gasteiger partial charge in [0, 0.05) is 18.4 Å². The molecule has 0 aliphatic carbocycles. The summed E-state index contributed by atoms with van der Waals surface area (Å²) < 4.78 is 39.5. The van der Waals surface area contributed by atoms with Crippen molar-refractivity contribution in [1.82, 2.24) is 4.98 Å². The van der Waals surface area contributed by atoms with E-state index in [9.17, 15) is 12.8 Å². The van der Waals surface area contributed by atoms with Crippen molar-refractivity contribution in [3.05, 3.63) is 48.0 Å². The van der Waals surface area contributed by atoms with Crippen molar-refractivity contribution in [2.45, 2.75) is 17.7 Å². The lowest BCUT2D eigenvalue weighted by atomic mass is 10.3. The van der Waals surface area contributed by atoms with E-state index >= 15 is 0 Å². The average Bonchev–Trinajstić information content (AvgIpc) is 2.89. The summed E-state index contributed by atoms with van der Waals surface area (Å²) in [5.74, 6) is -0.284. The Balaban J connectivity index is 2.44. The van der Waals surface area contributed by atoms with Gasteiger partial charge < -0.3 is 4.98 Å². The fraction of sp³-hybridized carbons (Fsp3) is 0.231. The van der Waals surface area contributed by atoms with Crippen LogP contribution in [0, 0.1) is 5.82 Å². The molecule has 4 nitrogen and oxygen atoms in total. The zero-order valence-corrected chi connectivity index (χ0v) is 12.4. The molecule has 0 unspecified atom stereocenters. The summed E-state index contributed by atoms with van der Waals surface area (Å²) in [7, 11) is -3.73. The average molecular weight is 317 g/mol. The molecule has 0 spiro atoms. The van der Waals surface area contributed by atoms with Gasteiger partial charge in [-0.3, -0.25) is 4.31 Å². The van der Waals surface area contributed by atoms with Crippen LogP contribution < -0.4 is 4.31 Å². The zero-order valence-electron chi connectivity index (χ0n) is 10.8. The molecule has 20 heavy (non-hydrogen) atoms. The van der Waals surface area contributed by atoms with Gasteiger partial charge >= 0.3 is 0 Å². The van der Waals surface area contributed by atoms with Crippen molar-refractivity contribution in [3.63, 3.8) is 0 Å². The second kappa shape index (κ2) is 5.85. The highest BCUT2D eigenvalue weighted by molar-refractivity contribution is 7.92. The molecular weight excluding hydrogens is 303 g/mol. The molecule has 108 valence electrons. The highest BCUT2D eigenvalue weighted by Gasteiger charge is 2.24. The van der Waals surface area contributed by atoms with E-state index in [0.29, 0.717) is 11.4 Å². The lowest BCUT2D eigenvalue weighted by molar-refractivity contribution is 0.591. The first-order valence-electron chi connectivity index (χ1n) is 6.00. The van der Waals surface area contributed by atoms with Crippen LogP contribution in [0.15, 0.2) is 41.4 Å². The number of nitrogens with zero attached hydrogens (tertiary/aromatic N) is 1. The summed E-state index contributed by atoms with van der Waals surface area (Å²) in [4.78, 5) is 2.90. The Morgan fingerprint density at radius 3 is 2.65 bits per heavy atom. The lowest BCUT2D eigenvalue weighted by Crippen LogP contribution is -2.30. The van der Waals surface area contributed by atoms with Gasteiger partial charge in [-0.15, -0.1) is 11.6 Å². The summed E-state index contributed by atoms with van der Waals surface area (Å²) in [6, 6.07) is 6.97. The molecule has 1 heterocycles. The Bertz CT molecular complexity index is 700. The van der Waals surface area contributed by atoms with E-state index in [1.54, 1.807) is 13.0 Å². The number of aromatic nitrogens is 1. The van der Waals surface area contributed by atoms with Crippen molar-refractivity contribution < 1.29 is 12.8 Å². The van der Waals surface area contributed by atoms with Crippen molar-refractivity contribution in [2.24, 2.45) is 0 Å². The number of sulfonamides is 1. The van der Waals surface area contributed by atoms with Crippen LogP contribution in [-0.4, -0.2) is 19.9 Å². The second-order valence-electron chi connectivity index (χ2n) is 4.14. The summed E-state index contributed by atoms with van der Waals surface area (Å²) in [5.41, 5.74) is 0.904. The van der Waals surface area contributed by atoms with E-state index in [1.807, 2.05) is 0 Å². The van der Waals surface area contributed by atoms with Crippen LogP contribution in [0.2, 0.25) is 0 Å². The smallest absolute Gasteiger partial charge is 0.265 e. The quantitative estimate of drug-likeness (QED) is 0.862. The standard InChI is InChI=1S/C13H14ClFN2O2S/c1-2-17(12-5-3-4-10(15)6-12)20(18,19)13-7-11(8-14)16-9-13/h3-7,9,16H,2,8H2,1H3. The van der Waals surface area contributed by atoms with Gasteiger partial charge in [0.05, 0.1) is 11.6 Å². The van der Waals surface area contributed by atoms with Crippen LogP contribution in [0.4, 0.5) is 10.1 Å². The maximum atomic E-state index is 13.3. The predicted molar refractivity (Wildman–Crippen MR) is 77.0 cm³/mol. The number of H-pyrrole nitrogens is 1. The number of nitrogens with one attached hydrogen (secondary N) is 1. The van der Waals surface area contributed by atoms with E-state index in [-0.39, 0.29) is 17.3 Å². The molecule has 2 aromatic rings. The number of benzene rings is 1. The Morgan fingerprint density at radius 1 is 1.35 bits per heavy atom. The van der Waals surface area contributed by atoms with Crippen molar-refractivity contribution in [3.8, 4) is 0 Å². The molecule has 1 aromatic heterocycles. The maximum absolute atomic E-state index is 13.3. The van der Waals surface area contributed by atoms with E-state index in [1.165, 1.54) is 30.5 Å². The minimum atomic E-state index is -3.73. The summed E-state index contributed by atoms with van der Waals surface area (Å²) >= 11 is 5.65. The molecular formula is C13H14ClFN2O2S. The highest BCUT2D eigenvalue weighted by Crippen LogP contribution is 2.24. The molecule has 0 saturated heterocycles. The van der Waals surface area contributed by atoms with Crippen molar-refractivity contribution in [2.75, 3.05) is 10.8 Å².